The van der Waals surface area contributed by atoms with E-state index >= 15 is 0 Å². The third-order valence-electron chi connectivity index (χ3n) is 1.67. The van der Waals surface area contributed by atoms with Crippen LogP contribution in [0.1, 0.15) is 18.5 Å². The molecule has 1 aromatic heterocycles. The summed E-state index contributed by atoms with van der Waals surface area (Å²) in [6.07, 6.45) is 3.18. The van der Waals surface area contributed by atoms with E-state index in [-0.39, 0.29) is 0 Å². The molecule has 0 aromatic carbocycles. The van der Waals surface area contributed by atoms with Crippen LogP contribution in [-0.2, 0) is 4.79 Å². The Morgan fingerprint density at radius 2 is 2.54 bits per heavy atom. The highest BCUT2D eigenvalue weighted by Crippen LogP contribution is 2.10. The highest BCUT2D eigenvalue weighted by Gasteiger charge is 2.17. The smallest absolute Gasteiger partial charge is 0.325 e. The van der Waals surface area contributed by atoms with Crippen molar-refractivity contribution in [2.45, 2.75) is 13.0 Å². The zero-order chi connectivity index (χ0) is 9.68. The molecule has 13 heavy (non-hydrogen) atoms. The average Bonchev–Trinajstić information content (AvgIpc) is 2.15. The van der Waals surface area contributed by atoms with Gasteiger partial charge in [-0.05, 0) is 18.2 Å². The molecule has 0 spiro atoms. The monoisotopic (exact) mass is 180 g/mol. The highest BCUT2D eigenvalue weighted by atomic mass is 16.4. The molecule has 0 saturated heterocycles. The van der Waals surface area contributed by atoms with Gasteiger partial charge in [0.25, 0.3) is 0 Å². The number of pyridine rings is 1. The van der Waals surface area contributed by atoms with Gasteiger partial charge in [0.05, 0.1) is 0 Å². The molecule has 0 fully saturated rings. The minimum absolute atomic E-state index is 0.617. The van der Waals surface area contributed by atoms with Crippen LogP contribution in [0.3, 0.4) is 0 Å². The zero-order valence-corrected chi connectivity index (χ0v) is 7.40. The van der Waals surface area contributed by atoms with Crippen LogP contribution in [0.2, 0.25) is 0 Å². The Bertz CT molecular complexity index is 274. The van der Waals surface area contributed by atoms with E-state index in [1.54, 1.807) is 24.5 Å². The van der Waals surface area contributed by atoms with Gasteiger partial charge in [-0.2, -0.15) is 0 Å². The van der Waals surface area contributed by atoms with Crippen LogP contribution in [-0.4, -0.2) is 22.6 Å². The number of carbonyl (C=O) groups is 1. The summed E-state index contributed by atoms with van der Waals surface area (Å²) in [5.74, 6) is -0.880. The first-order chi connectivity index (χ1) is 6.25. The number of hydrogen-bond acceptors (Lipinski definition) is 3. The molecule has 2 N–H and O–H groups in total. The molecule has 0 bridgehead atoms. The number of rotatable bonds is 4. The third-order valence-corrected chi connectivity index (χ3v) is 1.67. The van der Waals surface area contributed by atoms with Crippen molar-refractivity contribution in [1.82, 2.24) is 10.3 Å². The van der Waals surface area contributed by atoms with Crippen LogP contribution in [0.4, 0.5) is 0 Å². The fraction of sp³-hybridized carbons (Fsp3) is 0.333. The molecule has 4 nitrogen and oxygen atoms in total. The Hall–Kier alpha value is -1.42. The van der Waals surface area contributed by atoms with Gasteiger partial charge < -0.3 is 10.4 Å². The van der Waals surface area contributed by atoms with Crippen molar-refractivity contribution >= 4 is 5.97 Å². The lowest BCUT2D eigenvalue weighted by molar-refractivity contribution is -0.139. The summed E-state index contributed by atoms with van der Waals surface area (Å²) in [6.45, 7) is 2.48. The van der Waals surface area contributed by atoms with Crippen LogP contribution < -0.4 is 5.32 Å². The minimum Gasteiger partial charge on any atom is -0.480 e. The van der Waals surface area contributed by atoms with Gasteiger partial charge in [-0.3, -0.25) is 9.78 Å². The Kier molecular flexibility index (Phi) is 3.40. The summed E-state index contributed by atoms with van der Waals surface area (Å²) >= 11 is 0. The molecule has 1 aromatic rings. The van der Waals surface area contributed by atoms with E-state index in [0.29, 0.717) is 12.1 Å². The molecule has 70 valence electrons. The average molecular weight is 180 g/mol. The van der Waals surface area contributed by atoms with Gasteiger partial charge in [-0.1, -0.05) is 13.0 Å². The highest BCUT2D eigenvalue weighted by molar-refractivity contribution is 5.75. The van der Waals surface area contributed by atoms with Crippen molar-refractivity contribution in [3.8, 4) is 0 Å². The van der Waals surface area contributed by atoms with E-state index in [2.05, 4.69) is 10.3 Å². The van der Waals surface area contributed by atoms with Gasteiger partial charge in [0.2, 0.25) is 0 Å². The van der Waals surface area contributed by atoms with Crippen molar-refractivity contribution in [2.24, 2.45) is 0 Å². The van der Waals surface area contributed by atoms with Gasteiger partial charge in [0, 0.05) is 12.4 Å². The number of nitrogens with zero attached hydrogens (tertiary/aromatic N) is 1. The van der Waals surface area contributed by atoms with Crippen molar-refractivity contribution in [2.75, 3.05) is 6.54 Å². The molecular formula is C9H12N2O2. The number of aliphatic carboxylic acids is 1. The van der Waals surface area contributed by atoms with Gasteiger partial charge in [0.15, 0.2) is 0 Å². The van der Waals surface area contributed by atoms with E-state index in [4.69, 9.17) is 5.11 Å². The molecular weight excluding hydrogens is 168 g/mol. The Morgan fingerprint density at radius 1 is 1.77 bits per heavy atom. The van der Waals surface area contributed by atoms with Crippen LogP contribution in [0.25, 0.3) is 0 Å². The fourth-order valence-corrected chi connectivity index (χ4v) is 1.10. The second-order valence-corrected chi connectivity index (χ2v) is 2.62. The number of likely N-dealkylation sites (N-methyl/N-ethyl adjacent to an activating group) is 1. The summed E-state index contributed by atoms with van der Waals surface area (Å²) < 4.78 is 0. The number of aromatic nitrogens is 1. The number of nitrogens with one attached hydrogen (secondary N) is 1. The predicted octanol–water partition coefficient (Wildman–Crippen LogP) is 0.817. The Morgan fingerprint density at radius 3 is 3.00 bits per heavy atom. The first kappa shape index (κ1) is 9.67. The Balaban J connectivity index is 2.82. The summed E-state index contributed by atoms with van der Waals surface area (Å²) in [6, 6.07) is 2.82. The lowest BCUT2D eigenvalue weighted by atomic mass is 10.1. The van der Waals surface area contributed by atoms with Crippen molar-refractivity contribution < 1.29 is 9.90 Å². The summed E-state index contributed by atoms with van der Waals surface area (Å²) in [4.78, 5) is 14.7. The zero-order valence-electron chi connectivity index (χ0n) is 7.40. The van der Waals surface area contributed by atoms with Gasteiger partial charge in [-0.25, -0.2) is 0 Å². The maximum Gasteiger partial charge on any atom is 0.325 e. The van der Waals surface area contributed by atoms with Gasteiger partial charge in [-0.15, -0.1) is 0 Å². The number of hydrogen-bond donors (Lipinski definition) is 2. The second-order valence-electron chi connectivity index (χ2n) is 2.62. The van der Waals surface area contributed by atoms with Crippen molar-refractivity contribution in [3.05, 3.63) is 30.1 Å². The first-order valence-corrected chi connectivity index (χ1v) is 4.11. The SMILES string of the molecule is CCNC(C(=O)O)c1cccnc1. The fourth-order valence-electron chi connectivity index (χ4n) is 1.10. The normalized spacial score (nSPS) is 12.4. The molecule has 0 aliphatic carbocycles. The molecule has 1 atom stereocenters. The quantitative estimate of drug-likeness (QED) is 0.720. The standard InChI is InChI=1S/C9H12N2O2/c1-2-11-8(9(12)13)7-4-3-5-10-6-7/h3-6,8,11H,2H2,1H3,(H,12,13). The molecule has 0 radical (unpaired) electrons. The van der Waals surface area contributed by atoms with Crippen LogP contribution in [0.15, 0.2) is 24.5 Å². The number of carboxylic acids is 1. The third kappa shape index (κ3) is 2.52. The Labute approximate surface area is 76.6 Å². The lowest BCUT2D eigenvalue weighted by Gasteiger charge is -2.12. The van der Waals surface area contributed by atoms with Crippen LogP contribution in [0, 0.1) is 0 Å². The van der Waals surface area contributed by atoms with E-state index in [9.17, 15) is 4.79 Å². The van der Waals surface area contributed by atoms with Gasteiger partial charge in [0.1, 0.15) is 6.04 Å². The summed E-state index contributed by atoms with van der Waals surface area (Å²) in [5, 5.41) is 11.7. The molecule has 1 rings (SSSR count). The molecule has 1 heterocycles. The molecule has 0 saturated carbocycles. The number of carboxylic acid groups (broad SMARTS) is 1. The molecule has 0 aliphatic heterocycles. The maximum absolute atomic E-state index is 10.8. The summed E-state index contributed by atoms with van der Waals surface area (Å²) in [7, 11) is 0. The van der Waals surface area contributed by atoms with E-state index in [1.165, 1.54) is 0 Å². The molecule has 0 aliphatic rings. The van der Waals surface area contributed by atoms with E-state index < -0.39 is 12.0 Å². The molecule has 0 amide bonds. The van der Waals surface area contributed by atoms with Gasteiger partial charge >= 0.3 is 5.97 Å². The predicted molar refractivity (Wildman–Crippen MR) is 48.3 cm³/mol. The summed E-state index contributed by atoms with van der Waals surface area (Å²) in [5.41, 5.74) is 0.678. The lowest BCUT2D eigenvalue weighted by Crippen LogP contribution is -2.28. The molecule has 1 unspecified atom stereocenters. The minimum atomic E-state index is -0.880. The van der Waals surface area contributed by atoms with E-state index in [0.717, 1.165) is 0 Å². The van der Waals surface area contributed by atoms with Crippen LogP contribution >= 0.6 is 0 Å². The van der Waals surface area contributed by atoms with Crippen molar-refractivity contribution in [1.29, 1.82) is 0 Å². The van der Waals surface area contributed by atoms with Crippen LogP contribution in [0.5, 0.6) is 0 Å². The molecule has 4 heteroatoms. The maximum atomic E-state index is 10.8. The van der Waals surface area contributed by atoms with E-state index in [1.807, 2.05) is 6.92 Å². The van der Waals surface area contributed by atoms with Crippen molar-refractivity contribution in [3.63, 3.8) is 0 Å². The second kappa shape index (κ2) is 4.57. The first-order valence-electron chi connectivity index (χ1n) is 4.11. The largest absolute Gasteiger partial charge is 0.480 e. The topological polar surface area (TPSA) is 62.2 Å².